The zero-order valence-corrected chi connectivity index (χ0v) is 15.7. The fourth-order valence-electron chi connectivity index (χ4n) is 3.67. The molecule has 1 N–H and O–H groups in total. The molecule has 1 aliphatic rings. The Kier molecular flexibility index (Phi) is 5.49. The van der Waals surface area contributed by atoms with Gasteiger partial charge in [-0.2, -0.15) is 10.2 Å². The van der Waals surface area contributed by atoms with Gasteiger partial charge >= 0.3 is 0 Å². The molecule has 1 heterocycles. The highest BCUT2D eigenvalue weighted by Gasteiger charge is 2.24. The van der Waals surface area contributed by atoms with Crippen LogP contribution in [-0.2, 0) is 6.54 Å². The number of rotatable bonds is 4. The van der Waals surface area contributed by atoms with Crippen molar-refractivity contribution in [2.24, 2.45) is 16.9 Å². The van der Waals surface area contributed by atoms with E-state index in [1.54, 1.807) is 18.2 Å². The largest absolute Gasteiger partial charge is 0.292 e. The average molecular weight is 354 g/mol. The van der Waals surface area contributed by atoms with Gasteiger partial charge in [0.25, 0.3) is 11.5 Å². The third kappa shape index (κ3) is 3.54. The van der Waals surface area contributed by atoms with Crippen molar-refractivity contribution in [1.29, 1.82) is 0 Å². The van der Waals surface area contributed by atoms with Crippen molar-refractivity contribution < 1.29 is 4.79 Å². The molecule has 0 bridgehead atoms. The first-order chi connectivity index (χ1) is 12.5. The number of benzene rings is 1. The number of hydrogen-bond acceptors (Lipinski definition) is 4. The van der Waals surface area contributed by atoms with Crippen molar-refractivity contribution in [3.63, 3.8) is 0 Å². The molecule has 1 aromatic carbocycles. The summed E-state index contributed by atoms with van der Waals surface area (Å²) in [6.07, 6.45) is 4.16. The highest BCUT2D eigenvalue weighted by atomic mass is 16.2. The third-order valence-corrected chi connectivity index (χ3v) is 5.09. The summed E-state index contributed by atoms with van der Waals surface area (Å²) in [4.78, 5) is 25.3. The molecule has 138 valence electrons. The first-order valence-corrected chi connectivity index (χ1v) is 9.40. The van der Waals surface area contributed by atoms with E-state index in [4.69, 9.17) is 0 Å². The van der Waals surface area contributed by atoms with Gasteiger partial charge in [-0.3, -0.25) is 9.59 Å². The number of nitrogens with one attached hydrogen (secondary N) is 1. The van der Waals surface area contributed by atoms with Gasteiger partial charge in [-0.25, -0.2) is 10.1 Å². The SMILES string of the molecule is CCCn1nc(C(=O)NN=C2[C@H](C)CCC[C@H]2C)c2ccccc2c1=O. The molecule has 1 saturated carbocycles. The lowest BCUT2D eigenvalue weighted by Crippen LogP contribution is -2.31. The van der Waals surface area contributed by atoms with Crippen LogP contribution in [0.15, 0.2) is 34.2 Å². The summed E-state index contributed by atoms with van der Waals surface area (Å²) in [6.45, 7) is 6.75. The van der Waals surface area contributed by atoms with E-state index in [0.717, 1.165) is 25.0 Å². The molecule has 1 amide bonds. The normalized spacial score (nSPS) is 20.2. The molecule has 1 aliphatic carbocycles. The molecule has 0 spiro atoms. The lowest BCUT2D eigenvalue weighted by molar-refractivity contribution is 0.0948. The number of hydrazone groups is 1. The highest BCUT2D eigenvalue weighted by Crippen LogP contribution is 2.25. The van der Waals surface area contributed by atoms with E-state index in [1.165, 1.54) is 11.1 Å². The zero-order chi connectivity index (χ0) is 18.7. The topological polar surface area (TPSA) is 76.3 Å². The second kappa shape index (κ2) is 7.81. The molecule has 0 aliphatic heterocycles. The Balaban J connectivity index is 1.97. The van der Waals surface area contributed by atoms with Crippen LogP contribution in [0.2, 0.25) is 0 Å². The van der Waals surface area contributed by atoms with Crippen LogP contribution in [0.4, 0.5) is 0 Å². The second-order valence-electron chi connectivity index (χ2n) is 7.13. The Morgan fingerprint density at radius 3 is 2.54 bits per heavy atom. The quantitative estimate of drug-likeness (QED) is 0.856. The van der Waals surface area contributed by atoms with E-state index in [9.17, 15) is 9.59 Å². The minimum Gasteiger partial charge on any atom is -0.267 e. The highest BCUT2D eigenvalue weighted by molar-refractivity contribution is 6.05. The van der Waals surface area contributed by atoms with Crippen molar-refractivity contribution >= 4 is 22.4 Å². The van der Waals surface area contributed by atoms with Gasteiger partial charge in [0.2, 0.25) is 0 Å². The van der Waals surface area contributed by atoms with Crippen molar-refractivity contribution in [2.75, 3.05) is 0 Å². The minimum atomic E-state index is -0.372. The monoisotopic (exact) mass is 354 g/mol. The first-order valence-electron chi connectivity index (χ1n) is 9.40. The smallest absolute Gasteiger partial charge is 0.267 e. The van der Waals surface area contributed by atoms with E-state index in [0.29, 0.717) is 29.2 Å². The summed E-state index contributed by atoms with van der Waals surface area (Å²) < 4.78 is 1.37. The van der Waals surface area contributed by atoms with E-state index in [1.807, 2.05) is 13.0 Å². The number of fused-ring (bicyclic) bond motifs is 1. The number of hydrogen-bond donors (Lipinski definition) is 1. The minimum absolute atomic E-state index is 0.167. The molecule has 0 unspecified atom stereocenters. The number of amides is 1. The van der Waals surface area contributed by atoms with Crippen LogP contribution in [0, 0.1) is 11.8 Å². The van der Waals surface area contributed by atoms with Crippen LogP contribution in [0.3, 0.4) is 0 Å². The maximum absolute atomic E-state index is 12.8. The fourth-order valence-corrected chi connectivity index (χ4v) is 3.67. The number of carbonyl (C=O) groups excluding carboxylic acids is 1. The summed E-state index contributed by atoms with van der Waals surface area (Å²) in [6, 6.07) is 7.10. The second-order valence-corrected chi connectivity index (χ2v) is 7.13. The van der Waals surface area contributed by atoms with Gasteiger partial charge in [-0.1, -0.05) is 45.4 Å². The Labute approximate surface area is 153 Å². The van der Waals surface area contributed by atoms with Crippen molar-refractivity contribution in [1.82, 2.24) is 15.2 Å². The number of aromatic nitrogens is 2. The number of carbonyl (C=O) groups is 1. The van der Waals surface area contributed by atoms with Gasteiger partial charge < -0.3 is 0 Å². The number of aryl methyl sites for hydroxylation is 1. The molecule has 6 nitrogen and oxygen atoms in total. The van der Waals surface area contributed by atoms with E-state index in [-0.39, 0.29) is 17.2 Å². The predicted molar refractivity (Wildman–Crippen MR) is 103 cm³/mol. The summed E-state index contributed by atoms with van der Waals surface area (Å²) >= 11 is 0. The fraction of sp³-hybridized carbons (Fsp3) is 0.500. The van der Waals surface area contributed by atoms with E-state index >= 15 is 0 Å². The average Bonchev–Trinajstić information content (AvgIpc) is 2.63. The molecular weight excluding hydrogens is 328 g/mol. The van der Waals surface area contributed by atoms with Gasteiger partial charge in [0.05, 0.1) is 5.39 Å². The van der Waals surface area contributed by atoms with Crippen LogP contribution in [0.25, 0.3) is 10.8 Å². The molecular formula is C20H26N4O2. The Hall–Kier alpha value is -2.50. The summed E-state index contributed by atoms with van der Waals surface area (Å²) in [5.41, 5.74) is 3.80. The van der Waals surface area contributed by atoms with Crippen molar-refractivity contribution in [3.05, 3.63) is 40.3 Å². The molecule has 1 aromatic heterocycles. The maximum Gasteiger partial charge on any atom is 0.292 e. The van der Waals surface area contributed by atoms with Crippen LogP contribution in [0.1, 0.15) is 56.9 Å². The summed E-state index contributed by atoms with van der Waals surface area (Å²) in [5, 5.41) is 9.80. The van der Waals surface area contributed by atoms with E-state index in [2.05, 4.69) is 29.5 Å². The summed E-state index contributed by atoms with van der Waals surface area (Å²) in [5.74, 6) is 0.374. The van der Waals surface area contributed by atoms with Gasteiger partial charge in [0.15, 0.2) is 5.69 Å². The molecule has 26 heavy (non-hydrogen) atoms. The van der Waals surface area contributed by atoms with Gasteiger partial charge in [-0.05, 0) is 37.2 Å². The summed E-state index contributed by atoms with van der Waals surface area (Å²) in [7, 11) is 0. The van der Waals surface area contributed by atoms with Gasteiger partial charge in [0, 0.05) is 17.6 Å². The lowest BCUT2D eigenvalue weighted by atomic mass is 9.81. The van der Waals surface area contributed by atoms with Crippen LogP contribution < -0.4 is 11.0 Å². The Morgan fingerprint density at radius 2 is 1.88 bits per heavy atom. The molecule has 3 rings (SSSR count). The number of nitrogens with zero attached hydrogens (tertiary/aromatic N) is 3. The molecule has 1 fully saturated rings. The lowest BCUT2D eigenvalue weighted by Gasteiger charge is -2.26. The van der Waals surface area contributed by atoms with Crippen molar-refractivity contribution in [3.8, 4) is 0 Å². The Morgan fingerprint density at radius 1 is 1.23 bits per heavy atom. The van der Waals surface area contributed by atoms with E-state index < -0.39 is 0 Å². The molecule has 0 radical (unpaired) electrons. The maximum atomic E-state index is 12.8. The van der Waals surface area contributed by atoms with Crippen LogP contribution in [-0.4, -0.2) is 21.4 Å². The zero-order valence-electron chi connectivity index (χ0n) is 15.7. The van der Waals surface area contributed by atoms with Crippen LogP contribution >= 0.6 is 0 Å². The van der Waals surface area contributed by atoms with Crippen LogP contribution in [0.5, 0.6) is 0 Å². The molecule has 2 atom stereocenters. The van der Waals surface area contributed by atoms with Gasteiger partial charge in [0.1, 0.15) is 0 Å². The molecule has 6 heteroatoms. The first kappa shape index (κ1) is 18.3. The predicted octanol–water partition coefficient (Wildman–Crippen LogP) is 3.35. The third-order valence-electron chi connectivity index (χ3n) is 5.09. The van der Waals surface area contributed by atoms with Crippen molar-refractivity contribution in [2.45, 2.75) is 53.0 Å². The molecule has 2 aromatic rings. The Bertz CT molecular complexity index is 888. The standard InChI is InChI=1S/C20H26N4O2/c1-4-12-24-20(26)16-11-6-5-10-15(16)18(23-24)19(25)22-21-17-13(2)8-7-9-14(17)3/h5-6,10-11,13-14H,4,7-9,12H2,1-3H3,(H,22,25)/t13-,14-/m1/s1. The van der Waals surface area contributed by atoms with Gasteiger partial charge in [-0.15, -0.1) is 0 Å². The molecule has 0 saturated heterocycles.